The molecule has 0 amide bonds. The minimum Gasteiger partial charge on any atom is -0.374 e. The van der Waals surface area contributed by atoms with Gasteiger partial charge in [0, 0.05) is 31.5 Å². The fraction of sp³-hybridized carbons (Fsp3) is 0.762. The molecule has 0 aromatic carbocycles. The molecule has 1 aliphatic heterocycles. The van der Waals surface area contributed by atoms with Gasteiger partial charge >= 0.3 is 5.69 Å². The van der Waals surface area contributed by atoms with Crippen molar-refractivity contribution in [1.82, 2.24) is 14.5 Å². The first-order chi connectivity index (χ1) is 14.7. The number of rotatable bonds is 11. The summed E-state index contributed by atoms with van der Waals surface area (Å²) in [6, 6.07) is 3.58. The first kappa shape index (κ1) is 25.2. The molecule has 0 bridgehead atoms. The average molecular weight is 439 g/mol. The minimum absolute atomic E-state index is 0.119. The van der Waals surface area contributed by atoms with Gasteiger partial charge < -0.3 is 18.9 Å². The molecule has 1 aromatic heterocycles. The van der Waals surface area contributed by atoms with E-state index < -0.39 is 36.1 Å². The molecule has 1 fully saturated rings. The van der Waals surface area contributed by atoms with Gasteiger partial charge in [0.1, 0.15) is 12.2 Å². The van der Waals surface area contributed by atoms with E-state index in [0.29, 0.717) is 6.42 Å². The minimum atomic E-state index is -0.768. The highest BCUT2D eigenvalue weighted by atomic mass is 16.7. The maximum atomic E-state index is 12.3. The zero-order valence-electron chi connectivity index (χ0n) is 19.1. The summed E-state index contributed by atoms with van der Waals surface area (Å²) in [6.45, 7) is 10.4. The summed E-state index contributed by atoms with van der Waals surface area (Å²) in [5.74, 6) is 0. The zero-order valence-corrected chi connectivity index (χ0v) is 19.1. The molecule has 0 aliphatic carbocycles. The summed E-state index contributed by atoms with van der Waals surface area (Å²) in [5, 5.41) is 8.90. The van der Waals surface area contributed by atoms with Crippen molar-refractivity contribution in [3.05, 3.63) is 33.1 Å². The molecule has 10 heteroatoms. The highest BCUT2D eigenvalue weighted by molar-refractivity contribution is 4.95. The van der Waals surface area contributed by atoms with Gasteiger partial charge in [0.05, 0.1) is 25.2 Å². The van der Waals surface area contributed by atoms with Gasteiger partial charge in [-0.2, -0.15) is 5.26 Å². The molecule has 0 saturated carbocycles. The summed E-state index contributed by atoms with van der Waals surface area (Å²) in [6.07, 6.45) is -0.753. The molecule has 0 radical (unpaired) electrons. The third kappa shape index (κ3) is 6.02. The van der Waals surface area contributed by atoms with Crippen LogP contribution in [-0.4, -0.2) is 65.0 Å². The summed E-state index contributed by atoms with van der Waals surface area (Å²) in [4.78, 5) is 28.1. The van der Waals surface area contributed by atoms with Crippen LogP contribution in [0.5, 0.6) is 0 Å². The maximum absolute atomic E-state index is 12.3. The van der Waals surface area contributed by atoms with Crippen molar-refractivity contribution in [2.75, 3.05) is 13.7 Å². The van der Waals surface area contributed by atoms with Gasteiger partial charge in [-0.15, -0.1) is 0 Å². The predicted molar refractivity (Wildman–Crippen MR) is 113 cm³/mol. The van der Waals surface area contributed by atoms with E-state index in [9.17, 15) is 9.59 Å². The largest absolute Gasteiger partial charge is 0.374 e. The number of hydrogen-bond donors (Lipinski definition) is 1. The van der Waals surface area contributed by atoms with Crippen LogP contribution in [0.1, 0.15) is 53.7 Å². The molecule has 1 aliphatic rings. The van der Waals surface area contributed by atoms with Crippen LogP contribution in [0, 0.1) is 11.3 Å². The molecule has 5 atom stereocenters. The lowest BCUT2D eigenvalue weighted by Crippen LogP contribution is -2.52. The number of ether oxygens (including phenoxy) is 4. The monoisotopic (exact) mass is 438 g/mol. The van der Waals surface area contributed by atoms with E-state index in [-0.39, 0.29) is 31.2 Å². The number of nitrogens with zero attached hydrogens (tertiary/aromatic N) is 3. The first-order valence-electron chi connectivity index (χ1n) is 10.7. The van der Waals surface area contributed by atoms with Crippen LogP contribution in [0.4, 0.5) is 0 Å². The number of hydrogen-bond acceptors (Lipinski definition) is 8. The fourth-order valence-electron chi connectivity index (χ4n) is 3.92. The summed E-state index contributed by atoms with van der Waals surface area (Å²) in [7, 11) is 1.53. The Morgan fingerprint density at radius 1 is 1.26 bits per heavy atom. The van der Waals surface area contributed by atoms with Crippen molar-refractivity contribution in [1.29, 1.82) is 5.26 Å². The van der Waals surface area contributed by atoms with E-state index in [0.717, 1.165) is 0 Å². The summed E-state index contributed by atoms with van der Waals surface area (Å²) < 4.78 is 25.5. The lowest BCUT2D eigenvalue weighted by atomic mass is 10.1. The second kappa shape index (κ2) is 11.5. The Kier molecular flexibility index (Phi) is 9.40. The van der Waals surface area contributed by atoms with Crippen molar-refractivity contribution in [3.8, 4) is 6.07 Å². The lowest BCUT2D eigenvalue weighted by Gasteiger charge is -2.39. The van der Waals surface area contributed by atoms with Crippen molar-refractivity contribution in [2.24, 2.45) is 0 Å². The molecular formula is C21H34N4O6. The van der Waals surface area contributed by atoms with E-state index in [4.69, 9.17) is 24.2 Å². The van der Waals surface area contributed by atoms with Gasteiger partial charge in [0.15, 0.2) is 6.23 Å². The van der Waals surface area contributed by atoms with Crippen LogP contribution < -0.4 is 11.2 Å². The third-order valence-electron chi connectivity index (χ3n) is 5.27. The second-order valence-electron chi connectivity index (χ2n) is 8.01. The van der Waals surface area contributed by atoms with Crippen LogP contribution in [0.3, 0.4) is 0 Å². The molecule has 10 nitrogen and oxygen atoms in total. The summed E-state index contributed by atoms with van der Waals surface area (Å²) >= 11 is 0. The standard InChI is InChI=1S/C21H34N4O6/c1-7-15-17(31-21(29-12-8-10-22)25(13(2)3)14(4)5)18(28-6)19(30-15)24-11-9-16(26)23-20(24)27/h9,11,13-15,17-19,21H,7-8,12H2,1-6H3,(H,23,26,27)/t15-,17-,18-,19-,21?/m1/s1. The first-order valence-corrected chi connectivity index (χ1v) is 10.7. The Morgan fingerprint density at radius 2 is 1.94 bits per heavy atom. The van der Waals surface area contributed by atoms with Gasteiger partial charge in [-0.05, 0) is 34.1 Å². The lowest BCUT2D eigenvalue weighted by molar-refractivity contribution is -0.273. The molecule has 1 aromatic rings. The molecule has 1 saturated heterocycles. The molecular weight excluding hydrogens is 404 g/mol. The molecule has 1 N–H and O–H groups in total. The predicted octanol–water partition coefficient (Wildman–Crippen LogP) is 1.58. The SMILES string of the molecule is CC[C@H]1O[C@@H](n2ccc(=O)[nH]c2=O)[C@H](OC)[C@@H]1OC(OCCC#N)N(C(C)C)C(C)C. The van der Waals surface area contributed by atoms with Crippen LogP contribution in [0.25, 0.3) is 0 Å². The fourth-order valence-corrected chi connectivity index (χ4v) is 3.92. The maximum Gasteiger partial charge on any atom is 0.330 e. The number of nitriles is 1. The molecule has 174 valence electrons. The quantitative estimate of drug-likeness (QED) is 0.409. The highest BCUT2D eigenvalue weighted by Crippen LogP contribution is 2.35. The molecule has 1 unspecified atom stereocenters. The Morgan fingerprint density at radius 3 is 2.45 bits per heavy atom. The number of aromatic nitrogens is 2. The molecule has 31 heavy (non-hydrogen) atoms. The topological polar surface area (TPSA) is 119 Å². The van der Waals surface area contributed by atoms with Gasteiger partial charge in [-0.3, -0.25) is 19.2 Å². The van der Waals surface area contributed by atoms with E-state index in [1.165, 1.54) is 23.9 Å². The Bertz CT molecular complexity index is 837. The average Bonchev–Trinajstić information content (AvgIpc) is 3.04. The molecule has 0 spiro atoms. The smallest absolute Gasteiger partial charge is 0.330 e. The van der Waals surface area contributed by atoms with Gasteiger partial charge in [0.2, 0.25) is 6.41 Å². The highest BCUT2D eigenvalue weighted by Gasteiger charge is 2.48. The van der Waals surface area contributed by atoms with E-state index in [2.05, 4.69) is 16.0 Å². The van der Waals surface area contributed by atoms with E-state index >= 15 is 0 Å². The van der Waals surface area contributed by atoms with Crippen molar-refractivity contribution < 1.29 is 18.9 Å². The van der Waals surface area contributed by atoms with Gasteiger partial charge in [-0.25, -0.2) is 4.79 Å². The Hall–Kier alpha value is -2.03. The molecule has 2 rings (SSSR count). The van der Waals surface area contributed by atoms with Crippen molar-refractivity contribution >= 4 is 0 Å². The van der Waals surface area contributed by atoms with Crippen molar-refractivity contribution in [2.45, 2.75) is 90.5 Å². The normalized spacial score (nSPS) is 24.8. The second-order valence-corrected chi connectivity index (χ2v) is 8.01. The number of nitrogens with one attached hydrogen (secondary N) is 1. The Balaban J connectivity index is 2.35. The van der Waals surface area contributed by atoms with Crippen LogP contribution in [0.2, 0.25) is 0 Å². The number of methoxy groups -OCH3 is 1. The van der Waals surface area contributed by atoms with E-state index in [1.807, 2.05) is 34.6 Å². The van der Waals surface area contributed by atoms with E-state index in [1.54, 1.807) is 0 Å². The van der Waals surface area contributed by atoms with Gasteiger partial charge in [-0.1, -0.05) is 6.92 Å². The van der Waals surface area contributed by atoms with Crippen molar-refractivity contribution in [3.63, 3.8) is 0 Å². The van der Waals surface area contributed by atoms with Gasteiger partial charge in [0.25, 0.3) is 5.56 Å². The zero-order chi connectivity index (χ0) is 23.1. The third-order valence-corrected chi connectivity index (χ3v) is 5.27. The Labute approximate surface area is 182 Å². The molecule has 2 heterocycles. The number of H-pyrrole nitrogens is 1. The van der Waals surface area contributed by atoms with Crippen LogP contribution >= 0.6 is 0 Å². The number of aromatic amines is 1. The van der Waals surface area contributed by atoms with Crippen LogP contribution in [0.15, 0.2) is 21.9 Å². The van der Waals surface area contributed by atoms with Crippen LogP contribution in [-0.2, 0) is 18.9 Å². The summed E-state index contributed by atoms with van der Waals surface area (Å²) in [5.41, 5.74) is -1.06.